The molecule has 0 spiro atoms. The number of ether oxygens (including phenoxy) is 2. The van der Waals surface area contributed by atoms with Crippen molar-refractivity contribution in [2.45, 2.75) is 50.7 Å². The third-order valence-corrected chi connectivity index (χ3v) is 7.22. The fourth-order valence-corrected chi connectivity index (χ4v) is 5.42. The summed E-state index contributed by atoms with van der Waals surface area (Å²) in [5, 5.41) is 12.8. The van der Waals surface area contributed by atoms with E-state index in [1.165, 1.54) is 32.1 Å². The molecule has 2 aromatic heterocycles. The summed E-state index contributed by atoms with van der Waals surface area (Å²) in [4.78, 5) is 5.18. The molecule has 3 aromatic rings. The van der Waals surface area contributed by atoms with Gasteiger partial charge in [-0.05, 0) is 53.1 Å². The fourth-order valence-electron chi connectivity index (χ4n) is 5.42. The average Bonchev–Trinajstić information content (AvgIpc) is 3.58. The van der Waals surface area contributed by atoms with Gasteiger partial charge in [0, 0.05) is 32.2 Å². The van der Waals surface area contributed by atoms with Crippen molar-refractivity contribution >= 4 is 0 Å². The Labute approximate surface area is 200 Å². The Morgan fingerprint density at radius 1 is 1.00 bits per heavy atom. The quantitative estimate of drug-likeness (QED) is 0.500. The van der Waals surface area contributed by atoms with Crippen LogP contribution in [0.3, 0.4) is 0 Å². The van der Waals surface area contributed by atoms with Gasteiger partial charge >= 0.3 is 0 Å². The van der Waals surface area contributed by atoms with Crippen LogP contribution in [0.1, 0.15) is 55.3 Å². The van der Waals surface area contributed by atoms with Crippen LogP contribution < -0.4 is 9.47 Å². The third-order valence-electron chi connectivity index (χ3n) is 7.22. The second-order valence-electron chi connectivity index (χ2n) is 9.15. The summed E-state index contributed by atoms with van der Waals surface area (Å²) in [5.41, 5.74) is 1.08. The molecule has 5 rings (SSSR count). The molecule has 1 aliphatic carbocycles. The molecule has 9 heteroatoms. The van der Waals surface area contributed by atoms with Gasteiger partial charge in [0.05, 0.1) is 26.5 Å². The van der Waals surface area contributed by atoms with Crippen molar-refractivity contribution in [3.05, 3.63) is 53.7 Å². The predicted molar refractivity (Wildman–Crippen MR) is 127 cm³/mol. The number of aromatic nitrogens is 4. The van der Waals surface area contributed by atoms with Crippen molar-refractivity contribution in [1.82, 2.24) is 30.0 Å². The first-order chi connectivity index (χ1) is 16.8. The topological polar surface area (TPSA) is 81.7 Å². The van der Waals surface area contributed by atoms with Crippen molar-refractivity contribution in [1.29, 1.82) is 0 Å². The van der Waals surface area contributed by atoms with Gasteiger partial charge in [-0.25, -0.2) is 4.68 Å². The lowest BCUT2D eigenvalue weighted by Crippen LogP contribution is -2.52. The summed E-state index contributed by atoms with van der Waals surface area (Å²) in [7, 11) is 3.32. The maximum Gasteiger partial charge on any atom is 0.173 e. The van der Waals surface area contributed by atoms with Gasteiger partial charge in [-0.1, -0.05) is 25.3 Å². The van der Waals surface area contributed by atoms with E-state index in [1.807, 2.05) is 28.9 Å². The highest BCUT2D eigenvalue weighted by molar-refractivity contribution is 5.45. The van der Waals surface area contributed by atoms with Gasteiger partial charge in [0.1, 0.15) is 12.3 Å². The first-order valence-electron chi connectivity index (χ1n) is 12.3. The summed E-state index contributed by atoms with van der Waals surface area (Å²) in [6.07, 6.45) is 8.45. The van der Waals surface area contributed by atoms with Crippen LogP contribution >= 0.6 is 0 Å². The van der Waals surface area contributed by atoms with Gasteiger partial charge in [-0.2, -0.15) is 0 Å². The van der Waals surface area contributed by atoms with E-state index in [2.05, 4.69) is 31.4 Å². The summed E-state index contributed by atoms with van der Waals surface area (Å²) >= 11 is 0. The Bertz CT molecular complexity index is 1040. The van der Waals surface area contributed by atoms with E-state index in [1.54, 1.807) is 20.5 Å². The molecule has 1 aromatic carbocycles. The number of hydrogen-bond donors (Lipinski definition) is 0. The molecule has 1 aliphatic heterocycles. The van der Waals surface area contributed by atoms with Crippen molar-refractivity contribution in [2.75, 3.05) is 40.4 Å². The minimum absolute atomic E-state index is 0.0988. The van der Waals surface area contributed by atoms with E-state index >= 15 is 0 Å². The van der Waals surface area contributed by atoms with Crippen LogP contribution in [-0.2, 0) is 6.54 Å². The Morgan fingerprint density at radius 3 is 2.50 bits per heavy atom. The molecule has 0 unspecified atom stereocenters. The van der Waals surface area contributed by atoms with Crippen LogP contribution in [0.15, 0.2) is 41.0 Å². The van der Waals surface area contributed by atoms with E-state index in [0.717, 1.165) is 49.4 Å². The molecule has 34 heavy (non-hydrogen) atoms. The molecule has 0 amide bonds. The zero-order valence-corrected chi connectivity index (χ0v) is 20.1. The Morgan fingerprint density at radius 2 is 1.79 bits per heavy atom. The zero-order valence-electron chi connectivity index (χ0n) is 20.1. The lowest BCUT2D eigenvalue weighted by molar-refractivity contribution is 0.0619. The highest BCUT2D eigenvalue weighted by atomic mass is 16.5. The number of benzene rings is 1. The van der Waals surface area contributed by atoms with Crippen LogP contribution in [0.25, 0.3) is 0 Å². The summed E-state index contributed by atoms with van der Waals surface area (Å²) in [5.74, 6) is 3.04. The first kappa shape index (κ1) is 22.9. The van der Waals surface area contributed by atoms with Crippen molar-refractivity contribution in [3.63, 3.8) is 0 Å². The number of methoxy groups -OCH3 is 2. The van der Waals surface area contributed by atoms with Gasteiger partial charge in [-0.3, -0.25) is 9.80 Å². The monoisotopic (exact) mass is 466 g/mol. The molecule has 1 saturated carbocycles. The van der Waals surface area contributed by atoms with Crippen LogP contribution in [0.5, 0.6) is 11.5 Å². The molecule has 1 atom stereocenters. The van der Waals surface area contributed by atoms with Crippen molar-refractivity contribution in [3.8, 4) is 11.5 Å². The van der Waals surface area contributed by atoms with Crippen LogP contribution in [-0.4, -0.2) is 76.4 Å². The van der Waals surface area contributed by atoms with Crippen LogP contribution in [0.4, 0.5) is 0 Å². The van der Waals surface area contributed by atoms with Gasteiger partial charge in [0.15, 0.2) is 17.3 Å². The van der Waals surface area contributed by atoms with E-state index < -0.39 is 0 Å². The number of hydrogen-bond acceptors (Lipinski definition) is 8. The Hall–Kier alpha value is -2.91. The minimum Gasteiger partial charge on any atom is -0.493 e. The van der Waals surface area contributed by atoms with Crippen molar-refractivity contribution in [2.24, 2.45) is 0 Å². The SMILES string of the molecule is COc1ccc([C@H](c2nnnn2Cc2ccco2)N2CCN(C3CCCCC3)CC2)cc1OC. The van der Waals surface area contributed by atoms with Gasteiger partial charge in [0.25, 0.3) is 0 Å². The lowest BCUT2D eigenvalue weighted by atomic mass is 9.93. The molecule has 3 heterocycles. The number of nitrogens with zero attached hydrogens (tertiary/aromatic N) is 6. The largest absolute Gasteiger partial charge is 0.493 e. The molecule has 2 aliphatic rings. The molecular formula is C25H34N6O3. The second-order valence-corrected chi connectivity index (χ2v) is 9.15. The number of tetrazole rings is 1. The van der Waals surface area contributed by atoms with E-state index in [9.17, 15) is 0 Å². The maximum atomic E-state index is 5.62. The molecule has 0 radical (unpaired) electrons. The Kier molecular flexibility index (Phi) is 7.10. The molecule has 182 valence electrons. The number of rotatable bonds is 8. The number of furan rings is 1. The molecular weight excluding hydrogens is 432 g/mol. The van der Waals surface area contributed by atoms with Crippen molar-refractivity contribution < 1.29 is 13.9 Å². The van der Waals surface area contributed by atoms with Crippen LogP contribution in [0.2, 0.25) is 0 Å². The average molecular weight is 467 g/mol. The molecule has 9 nitrogen and oxygen atoms in total. The standard InChI is InChI=1S/C25H34N6O3/c1-32-22-11-10-19(17-23(22)33-2)24(25-26-27-28-31(25)18-21-9-6-16-34-21)30-14-12-29(13-15-30)20-7-4-3-5-8-20/h6,9-11,16-17,20,24H,3-5,7-8,12-15,18H2,1-2H3/t24-/m1/s1. The maximum absolute atomic E-state index is 5.62. The summed E-state index contributed by atoms with van der Waals surface area (Å²) < 4.78 is 18.5. The smallest absolute Gasteiger partial charge is 0.173 e. The first-order valence-corrected chi connectivity index (χ1v) is 12.3. The number of piperazine rings is 1. The molecule has 2 fully saturated rings. The van der Waals surface area contributed by atoms with Gasteiger partial charge in [-0.15, -0.1) is 5.10 Å². The van der Waals surface area contributed by atoms with E-state index in [-0.39, 0.29) is 6.04 Å². The zero-order chi connectivity index (χ0) is 23.3. The normalized spacial score (nSPS) is 19.2. The molecule has 0 bridgehead atoms. The summed E-state index contributed by atoms with van der Waals surface area (Å²) in [6, 6.07) is 10.6. The fraction of sp³-hybridized carbons (Fsp3) is 0.560. The predicted octanol–water partition coefficient (Wildman–Crippen LogP) is 3.37. The highest BCUT2D eigenvalue weighted by Crippen LogP contribution is 2.35. The Balaban J connectivity index is 1.43. The minimum atomic E-state index is -0.0988. The van der Waals surface area contributed by atoms with E-state index in [4.69, 9.17) is 13.9 Å². The lowest BCUT2D eigenvalue weighted by Gasteiger charge is -2.43. The second kappa shape index (κ2) is 10.6. The van der Waals surface area contributed by atoms with Crippen LogP contribution in [0, 0.1) is 0 Å². The summed E-state index contributed by atoms with van der Waals surface area (Å²) in [6.45, 7) is 4.54. The molecule has 1 saturated heterocycles. The van der Waals surface area contributed by atoms with Gasteiger partial charge < -0.3 is 13.9 Å². The van der Waals surface area contributed by atoms with Gasteiger partial charge in [0.2, 0.25) is 0 Å². The molecule has 0 N–H and O–H groups in total. The van der Waals surface area contributed by atoms with E-state index in [0.29, 0.717) is 18.0 Å². The highest BCUT2D eigenvalue weighted by Gasteiger charge is 2.33. The third kappa shape index (κ3) is 4.81.